The molecule has 0 heterocycles. The summed E-state index contributed by atoms with van der Waals surface area (Å²) < 4.78 is 2.07. The van der Waals surface area contributed by atoms with Crippen molar-refractivity contribution in [1.29, 1.82) is 10.8 Å². The average Bonchev–Trinajstić information content (AvgIpc) is 2.72. The lowest BCUT2D eigenvalue weighted by Gasteiger charge is -2.09. The summed E-state index contributed by atoms with van der Waals surface area (Å²) in [6.07, 6.45) is 8.36. The molecule has 0 aromatic heterocycles. The molecule has 2 aromatic rings. The standard InChI is InChI=1S/C23H30Br2N4/c24-20-12-8-18(9-13-20)22(26)28-16-6-4-2-1-3-5-7-17-29-23(27)19-10-14-21(25)15-11-19/h8-15H,1-7,16-17H2,(H2,26,28)(H2,27,29). The van der Waals surface area contributed by atoms with Crippen LogP contribution in [0.25, 0.3) is 0 Å². The summed E-state index contributed by atoms with van der Waals surface area (Å²) in [5.74, 6) is 0.998. The number of hydrogen-bond donors (Lipinski definition) is 4. The zero-order valence-corrected chi connectivity index (χ0v) is 19.9. The van der Waals surface area contributed by atoms with Crippen molar-refractivity contribution in [2.45, 2.75) is 44.9 Å². The van der Waals surface area contributed by atoms with Gasteiger partial charge in [-0.2, -0.15) is 0 Å². The van der Waals surface area contributed by atoms with Crippen molar-refractivity contribution in [1.82, 2.24) is 10.6 Å². The van der Waals surface area contributed by atoms with Gasteiger partial charge in [-0.1, -0.05) is 88.2 Å². The highest BCUT2D eigenvalue weighted by Gasteiger charge is 2.01. The van der Waals surface area contributed by atoms with E-state index in [2.05, 4.69) is 42.5 Å². The lowest BCUT2D eigenvalue weighted by Crippen LogP contribution is -2.24. The molecule has 0 aliphatic heterocycles. The van der Waals surface area contributed by atoms with Gasteiger partial charge in [0.2, 0.25) is 0 Å². The summed E-state index contributed by atoms with van der Waals surface area (Å²) in [5.41, 5.74) is 1.85. The van der Waals surface area contributed by atoms with Gasteiger partial charge in [-0.15, -0.1) is 0 Å². The van der Waals surface area contributed by atoms with Crippen molar-refractivity contribution in [3.05, 3.63) is 68.6 Å². The summed E-state index contributed by atoms with van der Waals surface area (Å²) in [5, 5.41) is 22.5. The number of amidine groups is 2. The van der Waals surface area contributed by atoms with Crippen molar-refractivity contribution in [3.8, 4) is 0 Å². The largest absolute Gasteiger partial charge is 0.370 e. The van der Waals surface area contributed by atoms with Gasteiger partial charge in [-0.3, -0.25) is 10.8 Å². The summed E-state index contributed by atoms with van der Waals surface area (Å²) in [6, 6.07) is 15.7. The minimum atomic E-state index is 0.499. The Bertz CT molecular complexity index is 692. The number of nitrogens with one attached hydrogen (secondary N) is 4. The minimum Gasteiger partial charge on any atom is -0.370 e. The summed E-state index contributed by atoms with van der Waals surface area (Å²) >= 11 is 6.83. The van der Waals surface area contributed by atoms with E-state index in [1.54, 1.807) is 0 Å². The first-order valence-corrected chi connectivity index (χ1v) is 11.8. The fourth-order valence-corrected chi connectivity index (χ4v) is 3.53. The third kappa shape index (κ3) is 9.59. The average molecular weight is 522 g/mol. The van der Waals surface area contributed by atoms with Crippen LogP contribution in [0, 0.1) is 10.8 Å². The Morgan fingerprint density at radius 3 is 1.21 bits per heavy atom. The number of hydrogen-bond acceptors (Lipinski definition) is 2. The second-order valence-corrected chi connectivity index (χ2v) is 8.92. The normalized spacial score (nSPS) is 10.6. The molecule has 0 fully saturated rings. The summed E-state index contributed by atoms with van der Waals surface area (Å²) in [6.45, 7) is 1.72. The topological polar surface area (TPSA) is 71.8 Å². The molecule has 4 nitrogen and oxygen atoms in total. The molecule has 0 saturated heterocycles. The number of unbranched alkanes of at least 4 members (excludes halogenated alkanes) is 6. The summed E-state index contributed by atoms with van der Waals surface area (Å²) in [4.78, 5) is 0. The zero-order valence-electron chi connectivity index (χ0n) is 16.7. The molecule has 0 spiro atoms. The SMILES string of the molecule is N=C(NCCCCCCCCCNC(=N)c1ccc(Br)cc1)c1ccc(Br)cc1. The van der Waals surface area contributed by atoms with Crippen LogP contribution in [0.5, 0.6) is 0 Å². The van der Waals surface area contributed by atoms with Crippen molar-refractivity contribution < 1.29 is 0 Å². The van der Waals surface area contributed by atoms with Gasteiger partial charge in [0.15, 0.2) is 0 Å². The Labute approximate surface area is 191 Å². The van der Waals surface area contributed by atoms with Crippen LogP contribution in [-0.2, 0) is 0 Å². The van der Waals surface area contributed by atoms with E-state index in [9.17, 15) is 0 Å². The predicted molar refractivity (Wildman–Crippen MR) is 130 cm³/mol. The van der Waals surface area contributed by atoms with Crippen LogP contribution in [0.4, 0.5) is 0 Å². The van der Waals surface area contributed by atoms with Crippen molar-refractivity contribution in [2.75, 3.05) is 13.1 Å². The van der Waals surface area contributed by atoms with Crippen molar-refractivity contribution >= 4 is 43.5 Å². The van der Waals surface area contributed by atoms with Gasteiger partial charge in [0, 0.05) is 33.2 Å². The quantitative estimate of drug-likeness (QED) is 0.147. The molecule has 2 aromatic carbocycles. The Balaban J connectivity index is 1.41. The fraction of sp³-hybridized carbons (Fsp3) is 0.391. The van der Waals surface area contributed by atoms with Crippen LogP contribution in [0.3, 0.4) is 0 Å². The van der Waals surface area contributed by atoms with E-state index < -0.39 is 0 Å². The van der Waals surface area contributed by atoms with Crippen LogP contribution >= 0.6 is 31.9 Å². The second-order valence-electron chi connectivity index (χ2n) is 7.09. The Kier molecular flexibility index (Phi) is 11.0. The third-order valence-electron chi connectivity index (χ3n) is 4.72. The van der Waals surface area contributed by atoms with E-state index in [-0.39, 0.29) is 0 Å². The van der Waals surface area contributed by atoms with Gasteiger partial charge in [0.1, 0.15) is 11.7 Å². The highest BCUT2D eigenvalue weighted by Crippen LogP contribution is 2.12. The molecular formula is C23H30Br2N4. The van der Waals surface area contributed by atoms with Crippen LogP contribution in [0.1, 0.15) is 56.1 Å². The van der Waals surface area contributed by atoms with Crippen LogP contribution < -0.4 is 10.6 Å². The molecule has 0 aliphatic rings. The van der Waals surface area contributed by atoms with E-state index >= 15 is 0 Å². The number of rotatable bonds is 12. The van der Waals surface area contributed by atoms with E-state index in [1.165, 1.54) is 32.1 Å². The molecule has 0 aliphatic carbocycles. The molecular weight excluding hydrogens is 492 g/mol. The maximum absolute atomic E-state index is 8.06. The number of halogens is 2. The van der Waals surface area contributed by atoms with Gasteiger partial charge in [0.05, 0.1) is 0 Å². The summed E-state index contributed by atoms with van der Waals surface area (Å²) in [7, 11) is 0. The molecule has 0 unspecified atom stereocenters. The maximum Gasteiger partial charge on any atom is 0.125 e. The Morgan fingerprint density at radius 2 is 0.862 bits per heavy atom. The second kappa shape index (κ2) is 13.5. The van der Waals surface area contributed by atoms with Crippen molar-refractivity contribution in [3.63, 3.8) is 0 Å². The molecule has 4 N–H and O–H groups in total. The predicted octanol–water partition coefficient (Wildman–Crippen LogP) is 6.47. The molecule has 0 atom stereocenters. The van der Waals surface area contributed by atoms with Gasteiger partial charge in [0.25, 0.3) is 0 Å². The maximum atomic E-state index is 8.06. The molecule has 0 amide bonds. The fourth-order valence-electron chi connectivity index (χ4n) is 3.00. The zero-order chi connectivity index (χ0) is 20.9. The highest BCUT2D eigenvalue weighted by atomic mass is 79.9. The van der Waals surface area contributed by atoms with Crippen molar-refractivity contribution in [2.24, 2.45) is 0 Å². The minimum absolute atomic E-state index is 0.499. The molecule has 0 bridgehead atoms. The van der Waals surface area contributed by atoms with Crippen LogP contribution in [0.15, 0.2) is 57.5 Å². The van der Waals surface area contributed by atoms with E-state index in [0.717, 1.165) is 46.0 Å². The molecule has 6 heteroatoms. The smallest absolute Gasteiger partial charge is 0.125 e. The van der Waals surface area contributed by atoms with Crippen LogP contribution in [0.2, 0.25) is 0 Å². The Hall–Kier alpha value is -1.66. The molecule has 0 radical (unpaired) electrons. The van der Waals surface area contributed by atoms with E-state index in [4.69, 9.17) is 10.8 Å². The first kappa shape index (κ1) is 23.6. The molecule has 0 saturated carbocycles. The van der Waals surface area contributed by atoms with E-state index in [1.807, 2.05) is 48.5 Å². The first-order valence-electron chi connectivity index (χ1n) is 10.2. The van der Waals surface area contributed by atoms with E-state index in [0.29, 0.717) is 11.7 Å². The van der Waals surface area contributed by atoms with Gasteiger partial charge in [-0.25, -0.2) is 0 Å². The Morgan fingerprint density at radius 1 is 0.552 bits per heavy atom. The van der Waals surface area contributed by atoms with Gasteiger partial charge >= 0.3 is 0 Å². The lowest BCUT2D eigenvalue weighted by molar-refractivity contribution is 0.573. The first-order chi connectivity index (χ1) is 14.1. The van der Waals surface area contributed by atoms with Gasteiger partial charge in [-0.05, 0) is 37.1 Å². The lowest BCUT2D eigenvalue weighted by atomic mass is 10.1. The third-order valence-corrected chi connectivity index (χ3v) is 5.78. The highest BCUT2D eigenvalue weighted by molar-refractivity contribution is 9.10. The van der Waals surface area contributed by atoms with Gasteiger partial charge < -0.3 is 10.6 Å². The molecule has 29 heavy (non-hydrogen) atoms. The number of benzene rings is 2. The molecule has 2 rings (SSSR count). The van der Waals surface area contributed by atoms with Crippen LogP contribution in [-0.4, -0.2) is 24.8 Å². The monoisotopic (exact) mass is 520 g/mol. The molecule has 156 valence electrons.